The molecular weight excluding hydrogens is 358 g/mol. The van der Waals surface area contributed by atoms with Crippen molar-refractivity contribution in [3.8, 4) is 11.5 Å². The van der Waals surface area contributed by atoms with E-state index >= 15 is 0 Å². The number of thioether (sulfide) groups is 1. The van der Waals surface area contributed by atoms with Crippen molar-refractivity contribution in [1.82, 2.24) is 4.72 Å². The highest BCUT2D eigenvalue weighted by molar-refractivity contribution is 7.98. The quantitative estimate of drug-likeness (QED) is 0.750. The van der Waals surface area contributed by atoms with Gasteiger partial charge < -0.3 is 9.47 Å². The Labute approximate surface area is 152 Å². The standard InChI is InChI=1S/C18H21NO4S2/c1-14-4-2-3-5-15(14)13-24-11-8-19-25(20,21)16-6-7-17-18(12-16)23-10-9-22-17/h2-7,12,19H,8-11,13H2,1H3. The molecule has 7 heteroatoms. The van der Waals surface area contributed by atoms with E-state index in [-0.39, 0.29) is 4.90 Å². The average Bonchev–Trinajstić information content (AvgIpc) is 2.62. The van der Waals surface area contributed by atoms with Crippen LogP contribution in [-0.4, -0.2) is 33.9 Å². The van der Waals surface area contributed by atoms with Gasteiger partial charge in [-0.1, -0.05) is 24.3 Å². The van der Waals surface area contributed by atoms with E-state index in [2.05, 4.69) is 23.8 Å². The monoisotopic (exact) mass is 379 g/mol. The highest BCUT2D eigenvalue weighted by Gasteiger charge is 2.18. The molecule has 1 aliphatic heterocycles. The molecule has 0 fully saturated rings. The van der Waals surface area contributed by atoms with Crippen LogP contribution in [0.2, 0.25) is 0 Å². The molecule has 1 N–H and O–H groups in total. The van der Waals surface area contributed by atoms with Gasteiger partial charge in [-0.2, -0.15) is 11.8 Å². The number of rotatable bonds is 7. The first-order valence-corrected chi connectivity index (χ1v) is 10.7. The summed E-state index contributed by atoms with van der Waals surface area (Å²) in [6.45, 7) is 3.38. The van der Waals surface area contributed by atoms with Crippen LogP contribution < -0.4 is 14.2 Å². The van der Waals surface area contributed by atoms with E-state index in [1.807, 2.05) is 12.1 Å². The highest BCUT2D eigenvalue weighted by atomic mass is 32.2. The third-order valence-corrected chi connectivity index (χ3v) is 6.35. The Morgan fingerprint density at radius 1 is 1.08 bits per heavy atom. The van der Waals surface area contributed by atoms with Gasteiger partial charge in [-0.15, -0.1) is 0 Å². The van der Waals surface area contributed by atoms with Crippen LogP contribution in [-0.2, 0) is 15.8 Å². The lowest BCUT2D eigenvalue weighted by molar-refractivity contribution is 0.171. The van der Waals surface area contributed by atoms with Crippen LogP contribution in [0.4, 0.5) is 0 Å². The zero-order valence-corrected chi connectivity index (χ0v) is 15.7. The van der Waals surface area contributed by atoms with Crippen LogP contribution in [0.3, 0.4) is 0 Å². The fourth-order valence-corrected chi connectivity index (χ4v) is 4.59. The smallest absolute Gasteiger partial charge is 0.240 e. The predicted octanol–water partition coefficient (Wildman–Crippen LogP) is 2.98. The van der Waals surface area contributed by atoms with E-state index in [9.17, 15) is 8.42 Å². The molecule has 2 aromatic rings. The van der Waals surface area contributed by atoms with E-state index in [1.54, 1.807) is 17.8 Å². The van der Waals surface area contributed by atoms with Crippen LogP contribution in [0.25, 0.3) is 0 Å². The third kappa shape index (κ3) is 4.68. The SMILES string of the molecule is Cc1ccccc1CSCCNS(=O)(=O)c1ccc2c(c1)OCCO2. The summed E-state index contributed by atoms with van der Waals surface area (Å²) < 4.78 is 38.3. The van der Waals surface area contributed by atoms with Crippen molar-refractivity contribution < 1.29 is 17.9 Å². The van der Waals surface area contributed by atoms with E-state index < -0.39 is 10.0 Å². The maximum atomic E-state index is 12.4. The third-order valence-electron chi connectivity index (χ3n) is 3.88. The van der Waals surface area contributed by atoms with E-state index in [1.165, 1.54) is 23.3 Å². The number of hydrogen-bond acceptors (Lipinski definition) is 5. The Morgan fingerprint density at radius 3 is 2.64 bits per heavy atom. The van der Waals surface area contributed by atoms with Gasteiger partial charge in [0, 0.05) is 24.1 Å². The van der Waals surface area contributed by atoms with Crippen molar-refractivity contribution in [3.63, 3.8) is 0 Å². The minimum Gasteiger partial charge on any atom is -0.486 e. The fourth-order valence-electron chi connectivity index (χ4n) is 2.48. The van der Waals surface area contributed by atoms with Gasteiger partial charge in [-0.25, -0.2) is 13.1 Å². The second-order valence-electron chi connectivity index (χ2n) is 5.68. The average molecular weight is 380 g/mol. The Bertz CT molecular complexity index is 837. The summed E-state index contributed by atoms with van der Waals surface area (Å²) in [6.07, 6.45) is 0. The summed E-state index contributed by atoms with van der Waals surface area (Å²) in [4.78, 5) is 0.195. The molecule has 3 rings (SSSR count). The lowest BCUT2D eigenvalue weighted by Gasteiger charge is -2.18. The Kier molecular flexibility index (Phi) is 5.88. The molecule has 0 atom stereocenters. The largest absolute Gasteiger partial charge is 0.486 e. The number of nitrogens with one attached hydrogen (secondary N) is 1. The molecule has 25 heavy (non-hydrogen) atoms. The summed E-state index contributed by atoms with van der Waals surface area (Å²) in [5.41, 5.74) is 2.54. The van der Waals surface area contributed by atoms with Crippen molar-refractivity contribution in [2.45, 2.75) is 17.6 Å². The number of fused-ring (bicyclic) bond motifs is 1. The van der Waals surface area contributed by atoms with Crippen molar-refractivity contribution in [3.05, 3.63) is 53.6 Å². The number of sulfonamides is 1. The summed E-state index contributed by atoms with van der Waals surface area (Å²) in [5.74, 6) is 2.64. The van der Waals surface area contributed by atoms with Gasteiger partial charge in [0.1, 0.15) is 13.2 Å². The van der Waals surface area contributed by atoms with Crippen LogP contribution >= 0.6 is 11.8 Å². The van der Waals surface area contributed by atoms with Crippen molar-refractivity contribution >= 4 is 21.8 Å². The zero-order valence-electron chi connectivity index (χ0n) is 14.0. The lowest BCUT2D eigenvalue weighted by Crippen LogP contribution is -2.26. The first kappa shape index (κ1) is 18.1. The first-order chi connectivity index (χ1) is 12.1. The minimum atomic E-state index is -3.55. The van der Waals surface area contributed by atoms with Crippen LogP contribution in [0, 0.1) is 6.92 Å². The van der Waals surface area contributed by atoms with E-state index in [4.69, 9.17) is 9.47 Å². The zero-order chi connectivity index (χ0) is 17.7. The Balaban J connectivity index is 1.51. The number of aryl methyl sites for hydroxylation is 1. The summed E-state index contributed by atoms with van der Waals surface area (Å²) in [7, 11) is -3.55. The lowest BCUT2D eigenvalue weighted by atomic mass is 10.1. The summed E-state index contributed by atoms with van der Waals surface area (Å²) >= 11 is 1.71. The van der Waals surface area contributed by atoms with Gasteiger partial charge in [-0.05, 0) is 30.2 Å². The molecule has 0 bridgehead atoms. The Morgan fingerprint density at radius 2 is 1.84 bits per heavy atom. The van der Waals surface area contributed by atoms with Crippen molar-refractivity contribution in [2.24, 2.45) is 0 Å². The van der Waals surface area contributed by atoms with Gasteiger partial charge in [-0.3, -0.25) is 0 Å². The van der Waals surface area contributed by atoms with E-state index in [0.717, 1.165) is 5.75 Å². The second kappa shape index (κ2) is 8.12. The Hall–Kier alpha value is -1.70. The molecular formula is C18H21NO4S2. The van der Waals surface area contributed by atoms with Crippen molar-refractivity contribution in [2.75, 3.05) is 25.5 Å². The molecule has 0 aromatic heterocycles. The maximum Gasteiger partial charge on any atom is 0.240 e. The summed E-state index contributed by atoms with van der Waals surface area (Å²) in [6, 6.07) is 12.9. The predicted molar refractivity (Wildman–Crippen MR) is 100.0 cm³/mol. The topological polar surface area (TPSA) is 64.6 Å². The summed E-state index contributed by atoms with van der Waals surface area (Å²) in [5, 5.41) is 0. The highest BCUT2D eigenvalue weighted by Crippen LogP contribution is 2.32. The molecule has 0 aliphatic carbocycles. The van der Waals surface area contributed by atoms with Gasteiger partial charge in [0.2, 0.25) is 10.0 Å². The van der Waals surface area contributed by atoms with Crippen LogP contribution in [0.1, 0.15) is 11.1 Å². The molecule has 1 aliphatic rings. The minimum absolute atomic E-state index is 0.195. The molecule has 5 nitrogen and oxygen atoms in total. The molecule has 0 saturated carbocycles. The number of hydrogen-bond donors (Lipinski definition) is 1. The number of benzene rings is 2. The van der Waals surface area contributed by atoms with Gasteiger partial charge in [0.15, 0.2) is 11.5 Å². The van der Waals surface area contributed by atoms with Crippen LogP contribution in [0.15, 0.2) is 47.4 Å². The van der Waals surface area contributed by atoms with Gasteiger partial charge in [0.05, 0.1) is 4.90 Å². The van der Waals surface area contributed by atoms with Crippen molar-refractivity contribution in [1.29, 1.82) is 0 Å². The molecule has 0 saturated heterocycles. The molecule has 0 radical (unpaired) electrons. The van der Waals surface area contributed by atoms with Gasteiger partial charge in [0.25, 0.3) is 0 Å². The molecule has 1 heterocycles. The molecule has 0 spiro atoms. The maximum absolute atomic E-state index is 12.4. The fraction of sp³-hybridized carbons (Fsp3) is 0.333. The van der Waals surface area contributed by atoms with Gasteiger partial charge >= 0.3 is 0 Å². The van der Waals surface area contributed by atoms with Crippen LogP contribution in [0.5, 0.6) is 11.5 Å². The van der Waals surface area contributed by atoms with E-state index in [0.29, 0.717) is 37.0 Å². The number of ether oxygens (including phenoxy) is 2. The molecule has 134 valence electrons. The molecule has 2 aromatic carbocycles. The second-order valence-corrected chi connectivity index (χ2v) is 8.55. The normalized spacial score (nSPS) is 13.6. The first-order valence-electron chi connectivity index (χ1n) is 8.08. The molecule has 0 amide bonds. The molecule has 0 unspecified atom stereocenters.